The molecule has 0 aromatic rings. The summed E-state index contributed by atoms with van der Waals surface area (Å²) in [6, 6.07) is 0. The first-order chi connectivity index (χ1) is 8.13. The molecule has 1 aliphatic heterocycles. The summed E-state index contributed by atoms with van der Waals surface area (Å²) in [6.45, 7) is 5.83. The number of amides is 1. The summed E-state index contributed by atoms with van der Waals surface area (Å²) in [4.78, 5) is 25.9. The summed E-state index contributed by atoms with van der Waals surface area (Å²) in [5.41, 5.74) is 0. The van der Waals surface area contributed by atoms with Gasteiger partial charge in [-0.25, -0.2) is 4.79 Å². The molecule has 0 bridgehead atoms. The molecule has 1 heterocycles. The second-order valence-electron chi connectivity index (χ2n) is 4.11. The first-order valence-corrected chi connectivity index (χ1v) is 5.93. The predicted molar refractivity (Wildman–Crippen MR) is 61.8 cm³/mol. The second-order valence-corrected chi connectivity index (χ2v) is 4.11. The summed E-state index contributed by atoms with van der Waals surface area (Å²) in [7, 11) is 0. The van der Waals surface area contributed by atoms with Crippen molar-refractivity contribution in [1.29, 1.82) is 0 Å². The molecule has 0 aromatic heterocycles. The fourth-order valence-electron chi connectivity index (χ4n) is 1.85. The Hall–Kier alpha value is -1.14. The van der Waals surface area contributed by atoms with Crippen LogP contribution in [0.4, 0.5) is 0 Å². The highest BCUT2D eigenvalue weighted by Crippen LogP contribution is 2.02. The van der Waals surface area contributed by atoms with Crippen molar-refractivity contribution in [2.24, 2.45) is 0 Å². The third-order valence-electron chi connectivity index (χ3n) is 2.72. The number of carbonyl (C=O) groups is 2. The van der Waals surface area contributed by atoms with E-state index in [-0.39, 0.29) is 12.5 Å². The fourth-order valence-corrected chi connectivity index (χ4v) is 1.85. The van der Waals surface area contributed by atoms with E-state index < -0.39 is 12.6 Å². The monoisotopic (exact) mass is 244 g/mol. The van der Waals surface area contributed by atoms with Crippen LogP contribution >= 0.6 is 0 Å². The van der Waals surface area contributed by atoms with E-state index in [0.29, 0.717) is 13.1 Å². The van der Waals surface area contributed by atoms with E-state index in [1.165, 1.54) is 0 Å². The third-order valence-corrected chi connectivity index (χ3v) is 2.72. The van der Waals surface area contributed by atoms with Crippen molar-refractivity contribution in [1.82, 2.24) is 9.80 Å². The van der Waals surface area contributed by atoms with Crippen LogP contribution in [0.3, 0.4) is 0 Å². The fraction of sp³-hybridized carbons (Fsp3) is 0.818. The number of piperazine rings is 1. The van der Waals surface area contributed by atoms with Crippen molar-refractivity contribution < 1.29 is 19.4 Å². The van der Waals surface area contributed by atoms with Gasteiger partial charge in [0.15, 0.2) is 0 Å². The zero-order chi connectivity index (χ0) is 12.7. The van der Waals surface area contributed by atoms with Crippen molar-refractivity contribution in [2.45, 2.75) is 13.3 Å². The number of hydrogen-bond donors (Lipinski definition) is 1. The van der Waals surface area contributed by atoms with Gasteiger partial charge in [0.1, 0.15) is 13.2 Å². The minimum Gasteiger partial charge on any atom is -0.480 e. The van der Waals surface area contributed by atoms with Crippen molar-refractivity contribution in [3.05, 3.63) is 0 Å². The zero-order valence-electron chi connectivity index (χ0n) is 10.2. The van der Waals surface area contributed by atoms with E-state index in [2.05, 4.69) is 11.8 Å². The van der Waals surface area contributed by atoms with Crippen LogP contribution in [0.1, 0.15) is 13.3 Å². The van der Waals surface area contributed by atoms with Crippen LogP contribution < -0.4 is 0 Å². The average molecular weight is 244 g/mol. The van der Waals surface area contributed by atoms with Gasteiger partial charge in [-0.05, 0) is 13.0 Å². The highest BCUT2D eigenvalue weighted by Gasteiger charge is 2.20. The summed E-state index contributed by atoms with van der Waals surface area (Å²) in [5, 5.41) is 8.37. The normalized spacial score (nSPS) is 17.1. The molecule has 6 nitrogen and oxygen atoms in total. The van der Waals surface area contributed by atoms with E-state index in [4.69, 9.17) is 9.84 Å². The summed E-state index contributed by atoms with van der Waals surface area (Å²) >= 11 is 0. The van der Waals surface area contributed by atoms with E-state index in [0.717, 1.165) is 26.1 Å². The lowest BCUT2D eigenvalue weighted by molar-refractivity contribution is -0.146. The van der Waals surface area contributed by atoms with Gasteiger partial charge in [0.25, 0.3) is 0 Å². The number of hydrogen-bond acceptors (Lipinski definition) is 4. The number of carboxylic acid groups (broad SMARTS) is 1. The standard InChI is InChI=1S/C11H20N2O4/c1-2-3-12-4-6-13(7-5-12)10(14)8-17-9-11(15)16/h2-9H2,1H3,(H,15,16). The van der Waals surface area contributed by atoms with E-state index in [1.807, 2.05) is 0 Å². The number of ether oxygens (including phenoxy) is 1. The lowest BCUT2D eigenvalue weighted by atomic mass is 10.3. The van der Waals surface area contributed by atoms with Gasteiger partial charge in [-0.15, -0.1) is 0 Å². The maximum atomic E-state index is 11.6. The van der Waals surface area contributed by atoms with Gasteiger partial charge in [-0.1, -0.05) is 6.92 Å². The van der Waals surface area contributed by atoms with Crippen LogP contribution in [0.25, 0.3) is 0 Å². The first kappa shape index (κ1) is 13.9. The molecule has 0 aliphatic carbocycles. The summed E-state index contributed by atoms with van der Waals surface area (Å²) < 4.78 is 4.78. The molecule has 98 valence electrons. The lowest BCUT2D eigenvalue weighted by Crippen LogP contribution is -2.49. The number of carbonyl (C=O) groups excluding carboxylic acids is 1. The number of carboxylic acids is 1. The molecule has 1 amide bonds. The van der Waals surface area contributed by atoms with Gasteiger partial charge >= 0.3 is 5.97 Å². The van der Waals surface area contributed by atoms with Crippen molar-refractivity contribution >= 4 is 11.9 Å². The van der Waals surface area contributed by atoms with Crippen molar-refractivity contribution in [3.8, 4) is 0 Å². The van der Waals surface area contributed by atoms with E-state index in [1.54, 1.807) is 4.90 Å². The van der Waals surface area contributed by atoms with Crippen molar-refractivity contribution in [3.63, 3.8) is 0 Å². The molecule has 0 unspecified atom stereocenters. The molecule has 0 radical (unpaired) electrons. The molecule has 17 heavy (non-hydrogen) atoms. The molecule has 0 atom stereocenters. The Balaban J connectivity index is 2.19. The number of nitrogens with zero attached hydrogens (tertiary/aromatic N) is 2. The summed E-state index contributed by atoms with van der Waals surface area (Å²) in [5.74, 6) is -1.17. The highest BCUT2D eigenvalue weighted by atomic mass is 16.5. The van der Waals surface area contributed by atoms with Crippen LogP contribution in [0.15, 0.2) is 0 Å². The van der Waals surface area contributed by atoms with Crippen LogP contribution in [0.5, 0.6) is 0 Å². The van der Waals surface area contributed by atoms with E-state index in [9.17, 15) is 9.59 Å². The Morgan fingerprint density at radius 1 is 1.18 bits per heavy atom. The third kappa shape index (κ3) is 5.14. The maximum Gasteiger partial charge on any atom is 0.329 e. The molecule has 1 fully saturated rings. The van der Waals surface area contributed by atoms with E-state index >= 15 is 0 Å². The Bertz CT molecular complexity index is 262. The van der Waals surface area contributed by atoms with Gasteiger partial charge in [0, 0.05) is 26.2 Å². The van der Waals surface area contributed by atoms with Gasteiger partial charge in [0.05, 0.1) is 0 Å². The number of rotatable bonds is 6. The molecule has 0 saturated carbocycles. The smallest absolute Gasteiger partial charge is 0.329 e. The predicted octanol–water partition coefficient (Wildman–Crippen LogP) is -0.358. The minimum absolute atomic E-state index is 0.123. The average Bonchev–Trinajstić information content (AvgIpc) is 2.30. The first-order valence-electron chi connectivity index (χ1n) is 5.93. The molecular formula is C11H20N2O4. The summed E-state index contributed by atoms with van der Waals surface area (Å²) in [6.07, 6.45) is 1.12. The Morgan fingerprint density at radius 2 is 1.82 bits per heavy atom. The Morgan fingerprint density at radius 3 is 2.35 bits per heavy atom. The zero-order valence-corrected chi connectivity index (χ0v) is 10.2. The van der Waals surface area contributed by atoms with Gasteiger partial charge in [0.2, 0.25) is 5.91 Å². The molecule has 1 rings (SSSR count). The van der Waals surface area contributed by atoms with Gasteiger partial charge in [-0.2, -0.15) is 0 Å². The molecule has 6 heteroatoms. The largest absolute Gasteiger partial charge is 0.480 e. The second kappa shape index (κ2) is 7.24. The Labute approximate surface area is 101 Å². The van der Waals surface area contributed by atoms with Crippen molar-refractivity contribution in [2.75, 3.05) is 45.9 Å². The van der Waals surface area contributed by atoms with Crippen LogP contribution in [0.2, 0.25) is 0 Å². The maximum absolute atomic E-state index is 11.6. The molecule has 1 aliphatic rings. The lowest BCUT2D eigenvalue weighted by Gasteiger charge is -2.34. The van der Waals surface area contributed by atoms with Crippen LogP contribution in [0, 0.1) is 0 Å². The molecule has 1 saturated heterocycles. The van der Waals surface area contributed by atoms with Crippen LogP contribution in [-0.4, -0.2) is 72.7 Å². The van der Waals surface area contributed by atoms with Gasteiger partial charge in [-0.3, -0.25) is 9.69 Å². The topological polar surface area (TPSA) is 70.1 Å². The molecule has 0 spiro atoms. The number of aliphatic carboxylic acids is 1. The minimum atomic E-state index is -1.05. The SMILES string of the molecule is CCCN1CCN(C(=O)COCC(=O)O)CC1. The van der Waals surface area contributed by atoms with Gasteiger partial charge < -0.3 is 14.7 Å². The molecular weight excluding hydrogens is 224 g/mol. The van der Waals surface area contributed by atoms with Crippen LogP contribution in [-0.2, 0) is 14.3 Å². The molecule has 0 aromatic carbocycles. The molecule has 1 N–H and O–H groups in total. The highest BCUT2D eigenvalue weighted by molar-refractivity contribution is 5.78. The Kier molecular flexibility index (Phi) is 5.93. The quantitative estimate of drug-likeness (QED) is 0.691.